The highest BCUT2D eigenvalue weighted by atomic mass is 19.4. The lowest BCUT2D eigenvalue weighted by Crippen LogP contribution is -2.23. The van der Waals surface area contributed by atoms with Gasteiger partial charge in [-0.15, -0.1) is 0 Å². The number of alkyl halides is 3. The van der Waals surface area contributed by atoms with Gasteiger partial charge < -0.3 is 0 Å². The van der Waals surface area contributed by atoms with Crippen LogP contribution in [0.1, 0.15) is 17.0 Å². The Labute approximate surface area is 128 Å². The van der Waals surface area contributed by atoms with Crippen LogP contribution < -0.4 is 5.56 Å². The molecule has 0 spiro atoms. The molecule has 0 N–H and O–H groups in total. The highest BCUT2D eigenvalue weighted by Gasteiger charge is 2.34. The summed E-state index contributed by atoms with van der Waals surface area (Å²) in [5.41, 5.74) is -0.261. The fraction of sp³-hybridized carbons (Fsp3) is 0.200. The van der Waals surface area contributed by atoms with Gasteiger partial charge in [0.2, 0.25) is 0 Å². The molecule has 0 aliphatic rings. The van der Waals surface area contributed by atoms with E-state index in [1.165, 1.54) is 30.6 Å². The molecule has 118 valence electrons. The van der Waals surface area contributed by atoms with Crippen LogP contribution in [0.25, 0.3) is 11.2 Å². The third-order valence-electron chi connectivity index (χ3n) is 3.31. The third kappa shape index (κ3) is 2.92. The van der Waals surface area contributed by atoms with Crippen LogP contribution >= 0.6 is 0 Å². The van der Waals surface area contributed by atoms with Crippen molar-refractivity contribution in [1.82, 2.24) is 19.5 Å². The minimum absolute atomic E-state index is 0.224. The lowest BCUT2D eigenvalue weighted by molar-refractivity contribution is -0.138. The number of hydrogen-bond donors (Lipinski definition) is 0. The number of rotatable bonds is 2. The molecule has 0 aliphatic carbocycles. The number of aryl methyl sites for hydroxylation is 1. The molecule has 0 aliphatic heterocycles. The second-order valence-corrected chi connectivity index (χ2v) is 4.97. The highest BCUT2D eigenvalue weighted by molar-refractivity contribution is 5.69. The summed E-state index contributed by atoms with van der Waals surface area (Å²) in [7, 11) is 0. The molecule has 0 saturated heterocycles. The van der Waals surface area contributed by atoms with Crippen molar-refractivity contribution in [1.29, 1.82) is 0 Å². The molecule has 0 aromatic carbocycles. The summed E-state index contributed by atoms with van der Waals surface area (Å²) in [5.74, 6) is 0. The van der Waals surface area contributed by atoms with E-state index in [1.54, 1.807) is 6.92 Å². The van der Waals surface area contributed by atoms with E-state index in [2.05, 4.69) is 15.0 Å². The van der Waals surface area contributed by atoms with E-state index in [4.69, 9.17) is 0 Å². The fourth-order valence-electron chi connectivity index (χ4n) is 2.28. The van der Waals surface area contributed by atoms with E-state index < -0.39 is 17.3 Å². The Morgan fingerprint density at radius 3 is 2.70 bits per heavy atom. The van der Waals surface area contributed by atoms with Crippen LogP contribution in [0.3, 0.4) is 0 Å². The summed E-state index contributed by atoms with van der Waals surface area (Å²) in [6.07, 6.45) is -1.82. The molecule has 0 saturated carbocycles. The average molecular weight is 320 g/mol. The van der Waals surface area contributed by atoms with Crippen molar-refractivity contribution >= 4 is 11.2 Å². The Hall–Kier alpha value is -2.77. The van der Waals surface area contributed by atoms with E-state index in [-0.39, 0.29) is 17.9 Å². The second-order valence-electron chi connectivity index (χ2n) is 4.97. The second kappa shape index (κ2) is 5.45. The monoisotopic (exact) mass is 320 g/mol. The Bertz CT molecular complexity index is 934. The van der Waals surface area contributed by atoms with Crippen molar-refractivity contribution < 1.29 is 13.2 Å². The van der Waals surface area contributed by atoms with E-state index in [9.17, 15) is 18.0 Å². The zero-order chi connectivity index (χ0) is 16.6. The molecule has 3 rings (SSSR count). The molecule has 0 radical (unpaired) electrons. The molecular formula is C15H11F3N4O. The predicted molar refractivity (Wildman–Crippen MR) is 76.9 cm³/mol. The number of hydrogen-bond acceptors (Lipinski definition) is 4. The fourth-order valence-corrected chi connectivity index (χ4v) is 2.28. The first-order chi connectivity index (χ1) is 10.9. The Morgan fingerprint density at radius 2 is 1.96 bits per heavy atom. The highest BCUT2D eigenvalue weighted by Crippen LogP contribution is 2.31. The Morgan fingerprint density at radius 1 is 1.17 bits per heavy atom. The maximum atomic E-state index is 13.1. The topological polar surface area (TPSA) is 60.7 Å². The van der Waals surface area contributed by atoms with Crippen LogP contribution in [0.2, 0.25) is 0 Å². The van der Waals surface area contributed by atoms with E-state index >= 15 is 0 Å². The zero-order valence-electron chi connectivity index (χ0n) is 12.0. The number of halogens is 3. The molecule has 3 aromatic rings. The molecule has 23 heavy (non-hydrogen) atoms. The van der Waals surface area contributed by atoms with Gasteiger partial charge in [-0.1, -0.05) is 0 Å². The number of pyridine rings is 2. The Balaban J connectivity index is 2.17. The van der Waals surface area contributed by atoms with Gasteiger partial charge in [-0.25, -0.2) is 9.97 Å². The quantitative estimate of drug-likeness (QED) is 0.728. The number of fused-ring (bicyclic) bond motifs is 1. The van der Waals surface area contributed by atoms with E-state index in [1.807, 2.05) is 0 Å². The number of nitrogens with zero attached hydrogens (tertiary/aromatic N) is 4. The SMILES string of the molecule is Cc1cnc2c(ccc(=O)n2Cc2ncccc2C(F)(F)F)n1. The molecule has 0 unspecified atom stereocenters. The van der Waals surface area contributed by atoms with Crippen LogP contribution in [0.4, 0.5) is 13.2 Å². The van der Waals surface area contributed by atoms with Crippen molar-refractivity contribution in [2.75, 3.05) is 0 Å². The molecule has 0 atom stereocenters. The summed E-state index contributed by atoms with van der Waals surface area (Å²) in [6, 6.07) is 4.90. The van der Waals surface area contributed by atoms with Crippen LogP contribution in [-0.2, 0) is 12.7 Å². The van der Waals surface area contributed by atoms with E-state index in [0.717, 1.165) is 10.6 Å². The first-order valence-electron chi connectivity index (χ1n) is 6.70. The molecule has 0 bridgehead atoms. The van der Waals surface area contributed by atoms with Gasteiger partial charge >= 0.3 is 6.18 Å². The summed E-state index contributed by atoms with van der Waals surface area (Å²) < 4.78 is 40.3. The minimum atomic E-state index is -4.54. The summed E-state index contributed by atoms with van der Waals surface area (Å²) >= 11 is 0. The van der Waals surface area contributed by atoms with Crippen molar-refractivity contribution in [2.24, 2.45) is 0 Å². The average Bonchev–Trinajstić information content (AvgIpc) is 2.49. The molecule has 5 nitrogen and oxygen atoms in total. The molecule has 8 heteroatoms. The van der Waals surface area contributed by atoms with Gasteiger partial charge in [-0.05, 0) is 25.1 Å². The molecule has 3 aromatic heterocycles. The van der Waals surface area contributed by atoms with E-state index in [0.29, 0.717) is 11.2 Å². The van der Waals surface area contributed by atoms with Crippen molar-refractivity contribution in [2.45, 2.75) is 19.6 Å². The lowest BCUT2D eigenvalue weighted by atomic mass is 10.2. The standard InChI is InChI=1S/C15H11F3N4O/c1-9-7-20-14-11(21-9)4-5-13(23)22(14)8-12-10(15(16,17)18)3-2-6-19-12/h2-7H,8H2,1H3. The van der Waals surface area contributed by atoms with Gasteiger partial charge in [0.25, 0.3) is 5.56 Å². The van der Waals surface area contributed by atoms with Crippen LogP contribution in [0, 0.1) is 6.92 Å². The lowest BCUT2D eigenvalue weighted by Gasteiger charge is -2.13. The molecule has 0 fully saturated rings. The summed E-state index contributed by atoms with van der Waals surface area (Å²) in [5, 5.41) is 0. The number of aromatic nitrogens is 4. The van der Waals surface area contributed by atoms with Crippen LogP contribution in [-0.4, -0.2) is 19.5 Å². The molecule has 3 heterocycles. The third-order valence-corrected chi connectivity index (χ3v) is 3.31. The minimum Gasteiger partial charge on any atom is -0.285 e. The molecular weight excluding hydrogens is 309 g/mol. The van der Waals surface area contributed by atoms with Crippen LogP contribution in [0.15, 0.2) is 41.5 Å². The predicted octanol–water partition coefficient (Wildman–Crippen LogP) is 2.56. The zero-order valence-corrected chi connectivity index (χ0v) is 12.0. The van der Waals surface area contributed by atoms with Gasteiger partial charge in [0.05, 0.1) is 29.7 Å². The maximum absolute atomic E-state index is 13.1. The smallest absolute Gasteiger partial charge is 0.285 e. The Kier molecular flexibility index (Phi) is 3.59. The maximum Gasteiger partial charge on any atom is 0.418 e. The van der Waals surface area contributed by atoms with Crippen molar-refractivity contribution in [3.63, 3.8) is 0 Å². The van der Waals surface area contributed by atoms with Gasteiger partial charge in [0, 0.05) is 12.3 Å². The van der Waals surface area contributed by atoms with Crippen molar-refractivity contribution in [3.8, 4) is 0 Å². The first-order valence-corrected chi connectivity index (χ1v) is 6.70. The van der Waals surface area contributed by atoms with Crippen molar-refractivity contribution in [3.05, 3.63) is 64.0 Å². The summed E-state index contributed by atoms with van der Waals surface area (Å²) in [4.78, 5) is 24.2. The van der Waals surface area contributed by atoms with Gasteiger partial charge in [0.1, 0.15) is 5.52 Å². The molecule has 0 amide bonds. The largest absolute Gasteiger partial charge is 0.418 e. The first kappa shape index (κ1) is 15.1. The normalized spacial score (nSPS) is 11.8. The van der Waals surface area contributed by atoms with Crippen LogP contribution in [0.5, 0.6) is 0 Å². The summed E-state index contributed by atoms with van der Waals surface area (Å²) in [6.45, 7) is 1.41. The van der Waals surface area contributed by atoms with Gasteiger partial charge in [-0.2, -0.15) is 13.2 Å². The van der Waals surface area contributed by atoms with Gasteiger partial charge in [-0.3, -0.25) is 14.3 Å². The van der Waals surface area contributed by atoms with Gasteiger partial charge in [0.15, 0.2) is 5.65 Å².